The molecule has 0 fully saturated rings. The first kappa shape index (κ1) is 24.9. The summed E-state index contributed by atoms with van der Waals surface area (Å²) >= 11 is 0. The minimum Gasteiger partial charge on any atom is -0.495 e. The second-order valence-corrected chi connectivity index (χ2v) is 9.58. The van der Waals surface area contributed by atoms with Gasteiger partial charge in [-0.2, -0.15) is 0 Å². The Morgan fingerprint density at radius 3 is 2.28 bits per heavy atom. The van der Waals surface area contributed by atoms with Crippen molar-refractivity contribution in [3.63, 3.8) is 0 Å². The quantitative estimate of drug-likeness (QED) is 0.275. The molecule has 0 saturated heterocycles. The van der Waals surface area contributed by atoms with Gasteiger partial charge in [0.15, 0.2) is 0 Å². The minimum atomic E-state index is -0.702. The molecule has 0 aliphatic carbocycles. The Hall–Kier alpha value is -4.20. The van der Waals surface area contributed by atoms with E-state index in [-0.39, 0.29) is 24.8 Å². The van der Waals surface area contributed by atoms with Gasteiger partial charge in [-0.3, -0.25) is 14.5 Å². The van der Waals surface area contributed by atoms with Crippen LogP contribution in [0.4, 0.5) is 0 Å². The number of benzene rings is 2. The number of aromatic nitrogens is 2. The van der Waals surface area contributed by atoms with Crippen molar-refractivity contribution in [3.8, 4) is 11.4 Å². The van der Waals surface area contributed by atoms with Crippen LogP contribution < -0.4 is 4.74 Å². The summed E-state index contributed by atoms with van der Waals surface area (Å²) in [5.74, 6) is -0.626. The third kappa shape index (κ3) is 5.22. The number of fused-ring (bicyclic) bond motifs is 1. The van der Waals surface area contributed by atoms with Gasteiger partial charge in [0, 0.05) is 18.3 Å². The first-order valence-electron chi connectivity index (χ1n) is 11.7. The molecule has 8 nitrogen and oxygen atoms in total. The molecule has 2 heterocycles. The number of imidazole rings is 1. The number of carbonyl (C=O) groups excluding carboxylic acids is 3. The maximum atomic E-state index is 13.1. The Morgan fingerprint density at radius 1 is 1.06 bits per heavy atom. The number of ether oxygens (including phenoxy) is 2. The van der Waals surface area contributed by atoms with Gasteiger partial charge in [-0.1, -0.05) is 18.2 Å². The van der Waals surface area contributed by atoms with Gasteiger partial charge in [-0.25, -0.2) is 9.78 Å². The molecule has 4 rings (SSSR count). The largest absolute Gasteiger partial charge is 0.495 e. The van der Waals surface area contributed by atoms with Crippen LogP contribution in [0.5, 0.6) is 5.75 Å². The lowest BCUT2D eigenvalue weighted by Crippen LogP contribution is -2.32. The van der Waals surface area contributed by atoms with E-state index in [2.05, 4.69) is 4.98 Å². The smallest absolute Gasteiger partial charge is 0.334 e. The van der Waals surface area contributed by atoms with Gasteiger partial charge >= 0.3 is 5.97 Å². The maximum absolute atomic E-state index is 13.1. The monoisotopic (exact) mass is 487 g/mol. The van der Waals surface area contributed by atoms with Crippen LogP contribution in [0.1, 0.15) is 59.2 Å². The summed E-state index contributed by atoms with van der Waals surface area (Å²) in [5, 5.41) is 0. The Labute approximate surface area is 210 Å². The van der Waals surface area contributed by atoms with Crippen LogP contribution in [-0.2, 0) is 9.53 Å². The fraction of sp³-hybridized carbons (Fsp3) is 0.286. The van der Waals surface area contributed by atoms with E-state index in [0.717, 1.165) is 16.9 Å². The molecule has 1 aromatic heterocycles. The highest BCUT2D eigenvalue weighted by molar-refractivity contribution is 6.21. The zero-order valence-corrected chi connectivity index (χ0v) is 21.1. The number of esters is 1. The Morgan fingerprint density at radius 2 is 1.72 bits per heavy atom. The van der Waals surface area contributed by atoms with E-state index < -0.39 is 11.6 Å². The lowest BCUT2D eigenvalue weighted by atomic mass is 10.1. The van der Waals surface area contributed by atoms with E-state index in [1.54, 1.807) is 64.5 Å². The summed E-state index contributed by atoms with van der Waals surface area (Å²) in [7, 11) is 1.58. The van der Waals surface area contributed by atoms with Crippen molar-refractivity contribution in [3.05, 3.63) is 82.9 Å². The number of aryl methyl sites for hydroxylation is 1. The van der Waals surface area contributed by atoms with Crippen molar-refractivity contribution in [1.29, 1.82) is 0 Å². The van der Waals surface area contributed by atoms with E-state index in [1.165, 1.54) is 4.90 Å². The van der Waals surface area contributed by atoms with Gasteiger partial charge in [0.1, 0.15) is 11.4 Å². The van der Waals surface area contributed by atoms with Gasteiger partial charge in [0.2, 0.25) is 0 Å². The third-order valence-electron chi connectivity index (χ3n) is 5.68. The van der Waals surface area contributed by atoms with Gasteiger partial charge in [0.25, 0.3) is 11.8 Å². The highest BCUT2D eigenvalue weighted by Gasteiger charge is 2.35. The highest BCUT2D eigenvalue weighted by Crippen LogP contribution is 2.28. The first-order chi connectivity index (χ1) is 17.1. The second kappa shape index (κ2) is 9.81. The predicted molar refractivity (Wildman–Crippen MR) is 135 cm³/mol. The van der Waals surface area contributed by atoms with Gasteiger partial charge < -0.3 is 14.0 Å². The van der Waals surface area contributed by atoms with Gasteiger partial charge in [0.05, 0.1) is 35.9 Å². The summed E-state index contributed by atoms with van der Waals surface area (Å²) in [5.41, 5.74) is 2.79. The molecular formula is C28H29N3O5. The molecular weight excluding hydrogens is 458 g/mol. The summed E-state index contributed by atoms with van der Waals surface area (Å²) in [6, 6.07) is 12.3. The number of hydrogen-bond donors (Lipinski definition) is 0. The lowest BCUT2D eigenvalue weighted by molar-refractivity contribution is -0.150. The molecule has 0 bridgehead atoms. The molecule has 36 heavy (non-hydrogen) atoms. The number of amides is 2. The Balaban J connectivity index is 1.62. The summed E-state index contributed by atoms with van der Waals surface area (Å²) in [6.07, 6.45) is 5.45. The molecule has 0 spiro atoms. The second-order valence-electron chi connectivity index (χ2n) is 9.58. The first-order valence-corrected chi connectivity index (χ1v) is 11.7. The number of hydrogen-bond acceptors (Lipinski definition) is 6. The fourth-order valence-corrected chi connectivity index (χ4v) is 4.00. The van der Waals surface area contributed by atoms with Crippen molar-refractivity contribution in [2.24, 2.45) is 0 Å². The molecule has 8 heteroatoms. The zero-order valence-electron chi connectivity index (χ0n) is 21.1. The molecule has 2 amide bonds. The Bertz CT molecular complexity index is 1330. The maximum Gasteiger partial charge on any atom is 0.334 e. The van der Waals surface area contributed by atoms with Gasteiger partial charge in [-0.15, -0.1) is 0 Å². The van der Waals surface area contributed by atoms with E-state index in [4.69, 9.17) is 9.47 Å². The van der Waals surface area contributed by atoms with Crippen molar-refractivity contribution in [1.82, 2.24) is 14.5 Å². The van der Waals surface area contributed by atoms with E-state index in [9.17, 15) is 14.4 Å². The number of methoxy groups -OCH3 is 1. The summed E-state index contributed by atoms with van der Waals surface area (Å²) < 4.78 is 13.1. The number of nitrogens with zero attached hydrogens (tertiary/aromatic N) is 3. The van der Waals surface area contributed by atoms with Crippen molar-refractivity contribution in [2.45, 2.75) is 39.7 Å². The molecule has 3 aromatic rings. The van der Waals surface area contributed by atoms with Crippen molar-refractivity contribution in [2.75, 3.05) is 13.7 Å². The SMILES string of the molecule is COc1cc(C=C(CCN2C(=O)c3ccccc3C2=O)C(=O)OC(C)(C)C)ccc1-n1cnc(C)c1. The normalized spacial score (nSPS) is 13.7. The van der Waals surface area contributed by atoms with Crippen LogP contribution >= 0.6 is 0 Å². The molecule has 0 radical (unpaired) electrons. The lowest BCUT2D eigenvalue weighted by Gasteiger charge is -2.21. The molecule has 0 N–H and O–H groups in total. The molecule has 0 saturated carbocycles. The summed E-state index contributed by atoms with van der Waals surface area (Å²) in [6.45, 7) is 7.33. The number of imide groups is 1. The average Bonchev–Trinajstić information content (AvgIpc) is 3.37. The van der Waals surface area contributed by atoms with Crippen molar-refractivity contribution < 1.29 is 23.9 Å². The molecule has 186 valence electrons. The van der Waals surface area contributed by atoms with Crippen LogP contribution in [0.2, 0.25) is 0 Å². The standard InChI is InChI=1S/C28H29N3O5/c1-18-16-30(17-29-18)23-11-10-19(15-24(23)35-5)14-20(27(34)36-28(2,3)4)12-13-31-25(32)21-8-6-7-9-22(21)26(31)33/h6-11,14-17H,12-13H2,1-5H3. The minimum absolute atomic E-state index is 0.0565. The zero-order chi connectivity index (χ0) is 26.0. The predicted octanol–water partition coefficient (Wildman–Crippen LogP) is 4.60. The van der Waals surface area contributed by atoms with Crippen LogP contribution in [0.25, 0.3) is 11.8 Å². The van der Waals surface area contributed by atoms with Crippen LogP contribution in [0, 0.1) is 6.92 Å². The molecule has 1 aliphatic heterocycles. The Kier molecular flexibility index (Phi) is 6.79. The number of carbonyl (C=O) groups is 3. The fourth-order valence-electron chi connectivity index (χ4n) is 4.00. The van der Waals surface area contributed by atoms with Gasteiger partial charge in [-0.05, 0) is 70.0 Å². The molecule has 0 atom stereocenters. The van der Waals surface area contributed by atoms with Crippen molar-refractivity contribution >= 4 is 23.9 Å². The van der Waals surface area contributed by atoms with E-state index >= 15 is 0 Å². The number of rotatable bonds is 7. The third-order valence-corrected chi connectivity index (χ3v) is 5.68. The van der Waals surface area contributed by atoms with E-state index in [0.29, 0.717) is 22.4 Å². The molecule has 1 aliphatic rings. The molecule has 2 aromatic carbocycles. The topological polar surface area (TPSA) is 90.7 Å². The van der Waals surface area contributed by atoms with Crippen LogP contribution in [0.3, 0.4) is 0 Å². The van der Waals surface area contributed by atoms with Crippen LogP contribution in [0.15, 0.2) is 60.6 Å². The molecule has 0 unspecified atom stereocenters. The van der Waals surface area contributed by atoms with Crippen LogP contribution in [-0.4, -0.2) is 51.5 Å². The highest BCUT2D eigenvalue weighted by atomic mass is 16.6. The summed E-state index contributed by atoms with van der Waals surface area (Å²) in [4.78, 5) is 44.1. The van der Waals surface area contributed by atoms with E-state index in [1.807, 2.05) is 35.9 Å². The average molecular weight is 488 g/mol.